The molecule has 1 atom stereocenters. The molecule has 2 heterocycles. The van der Waals surface area contributed by atoms with Crippen molar-refractivity contribution in [3.8, 4) is 5.75 Å². The average molecular weight is 274 g/mol. The summed E-state index contributed by atoms with van der Waals surface area (Å²) in [6.07, 6.45) is 4.99. The SMILES string of the molecule is CN1CCCCC1(C)COc1ccc2c(c1)CCNC2. The third-order valence-corrected chi connectivity index (χ3v) is 4.99. The van der Waals surface area contributed by atoms with Crippen molar-refractivity contribution in [3.63, 3.8) is 0 Å². The van der Waals surface area contributed by atoms with Crippen LogP contribution in [0.25, 0.3) is 0 Å². The van der Waals surface area contributed by atoms with Gasteiger partial charge < -0.3 is 10.1 Å². The molecule has 3 rings (SSSR count). The number of nitrogens with zero attached hydrogens (tertiary/aromatic N) is 1. The number of nitrogens with one attached hydrogen (secondary N) is 1. The lowest BCUT2D eigenvalue weighted by Gasteiger charge is -2.42. The predicted octanol–water partition coefficient (Wildman–Crippen LogP) is 2.59. The molecule has 1 aromatic carbocycles. The summed E-state index contributed by atoms with van der Waals surface area (Å²) in [7, 11) is 2.22. The van der Waals surface area contributed by atoms with Crippen molar-refractivity contribution < 1.29 is 4.74 Å². The van der Waals surface area contributed by atoms with E-state index in [2.05, 4.69) is 42.4 Å². The van der Waals surface area contributed by atoms with Gasteiger partial charge in [-0.05, 0) is 69.6 Å². The Kier molecular flexibility index (Phi) is 3.99. The number of likely N-dealkylation sites (tertiary alicyclic amines) is 1. The van der Waals surface area contributed by atoms with Crippen LogP contribution in [0.3, 0.4) is 0 Å². The maximum Gasteiger partial charge on any atom is 0.119 e. The molecule has 3 heteroatoms. The van der Waals surface area contributed by atoms with E-state index in [9.17, 15) is 0 Å². The molecule has 20 heavy (non-hydrogen) atoms. The second-order valence-electron chi connectivity index (χ2n) is 6.52. The molecule has 0 saturated carbocycles. The van der Waals surface area contributed by atoms with Gasteiger partial charge in [0.05, 0.1) is 5.54 Å². The van der Waals surface area contributed by atoms with Crippen LogP contribution in [0.5, 0.6) is 5.75 Å². The van der Waals surface area contributed by atoms with E-state index in [0.717, 1.165) is 31.9 Å². The number of ether oxygens (including phenoxy) is 1. The lowest BCUT2D eigenvalue weighted by atomic mass is 9.90. The van der Waals surface area contributed by atoms with Crippen LogP contribution >= 0.6 is 0 Å². The molecule has 0 bridgehead atoms. The lowest BCUT2D eigenvalue weighted by molar-refractivity contribution is 0.0420. The van der Waals surface area contributed by atoms with Crippen LogP contribution in [0, 0.1) is 0 Å². The fourth-order valence-corrected chi connectivity index (χ4v) is 3.28. The number of rotatable bonds is 3. The van der Waals surface area contributed by atoms with E-state index in [1.807, 2.05) is 0 Å². The van der Waals surface area contributed by atoms with Crippen LogP contribution in [0.1, 0.15) is 37.3 Å². The largest absolute Gasteiger partial charge is 0.492 e. The number of benzene rings is 1. The minimum atomic E-state index is 0.190. The molecule has 1 unspecified atom stereocenters. The second kappa shape index (κ2) is 5.74. The molecule has 2 aliphatic rings. The first-order valence-corrected chi connectivity index (χ1v) is 7.84. The van der Waals surface area contributed by atoms with E-state index >= 15 is 0 Å². The zero-order valence-corrected chi connectivity index (χ0v) is 12.7. The highest BCUT2D eigenvalue weighted by Crippen LogP contribution is 2.28. The first-order chi connectivity index (χ1) is 9.67. The molecule has 1 fully saturated rings. The smallest absolute Gasteiger partial charge is 0.119 e. The van der Waals surface area contributed by atoms with Gasteiger partial charge in [0.25, 0.3) is 0 Å². The summed E-state index contributed by atoms with van der Waals surface area (Å²) < 4.78 is 6.12. The van der Waals surface area contributed by atoms with Gasteiger partial charge in [0.15, 0.2) is 0 Å². The molecule has 0 amide bonds. The van der Waals surface area contributed by atoms with Crippen LogP contribution in [0.15, 0.2) is 18.2 Å². The third-order valence-electron chi connectivity index (χ3n) is 4.99. The van der Waals surface area contributed by atoms with Crippen molar-refractivity contribution in [2.24, 2.45) is 0 Å². The minimum absolute atomic E-state index is 0.190. The maximum absolute atomic E-state index is 6.12. The quantitative estimate of drug-likeness (QED) is 0.917. The van der Waals surface area contributed by atoms with Crippen molar-refractivity contribution in [1.29, 1.82) is 0 Å². The van der Waals surface area contributed by atoms with Crippen LogP contribution in [0.4, 0.5) is 0 Å². The molecule has 1 aromatic rings. The Hall–Kier alpha value is -1.06. The Morgan fingerprint density at radius 3 is 3.05 bits per heavy atom. The number of piperidine rings is 1. The predicted molar refractivity (Wildman–Crippen MR) is 82.2 cm³/mol. The Morgan fingerprint density at radius 1 is 1.30 bits per heavy atom. The van der Waals surface area contributed by atoms with Gasteiger partial charge in [0.2, 0.25) is 0 Å². The number of fused-ring (bicyclic) bond motifs is 1. The van der Waals surface area contributed by atoms with E-state index in [1.54, 1.807) is 0 Å². The maximum atomic E-state index is 6.12. The molecule has 0 spiro atoms. The monoisotopic (exact) mass is 274 g/mol. The van der Waals surface area contributed by atoms with Crippen LogP contribution in [0.2, 0.25) is 0 Å². The van der Waals surface area contributed by atoms with Gasteiger partial charge in [-0.2, -0.15) is 0 Å². The van der Waals surface area contributed by atoms with E-state index in [4.69, 9.17) is 4.74 Å². The highest BCUT2D eigenvalue weighted by molar-refractivity contribution is 5.37. The lowest BCUT2D eigenvalue weighted by Crippen LogP contribution is -2.51. The summed E-state index contributed by atoms with van der Waals surface area (Å²) in [4.78, 5) is 2.46. The molecule has 110 valence electrons. The van der Waals surface area contributed by atoms with Crippen molar-refractivity contribution in [2.75, 3.05) is 26.7 Å². The molecule has 0 aliphatic carbocycles. The molecule has 1 N–H and O–H groups in total. The van der Waals surface area contributed by atoms with Gasteiger partial charge in [-0.15, -0.1) is 0 Å². The second-order valence-corrected chi connectivity index (χ2v) is 6.52. The Bertz CT molecular complexity index is 474. The zero-order valence-electron chi connectivity index (χ0n) is 12.7. The highest BCUT2D eigenvalue weighted by Gasteiger charge is 2.32. The summed E-state index contributed by atoms with van der Waals surface area (Å²) in [5.74, 6) is 1.03. The molecular weight excluding hydrogens is 248 g/mol. The number of hydrogen-bond acceptors (Lipinski definition) is 3. The van der Waals surface area contributed by atoms with E-state index in [1.165, 1.54) is 36.9 Å². The first-order valence-electron chi connectivity index (χ1n) is 7.84. The van der Waals surface area contributed by atoms with E-state index in [0.29, 0.717) is 0 Å². The summed E-state index contributed by atoms with van der Waals surface area (Å²) in [6.45, 7) is 6.39. The molecular formula is C17H26N2O. The summed E-state index contributed by atoms with van der Waals surface area (Å²) >= 11 is 0. The van der Waals surface area contributed by atoms with Gasteiger partial charge in [0, 0.05) is 6.54 Å². The van der Waals surface area contributed by atoms with Crippen LogP contribution < -0.4 is 10.1 Å². The summed E-state index contributed by atoms with van der Waals surface area (Å²) in [5, 5.41) is 3.41. The topological polar surface area (TPSA) is 24.5 Å². The number of hydrogen-bond donors (Lipinski definition) is 1. The van der Waals surface area contributed by atoms with Gasteiger partial charge >= 0.3 is 0 Å². The first kappa shape index (κ1) is 13.9. The normalized spacial score (nSPS) is 27.1. The van der Waals surface area contributed by atoms with Crippen LogP contribution in [-0.2, 0) is 13.0 Å². The molecule has 0 aromatic heterocycles. The molecule has 1 saturated heterocycles. The van der Waals surface area contributed by atoms with Crippen LogP contribution in [-0.4, -0.2) is 37.2 Å². The van der Waals surface area contributed by atoms with Crippen molar-refractivity contribution >= 4 is 0 Å². The summed E-state index contributed by atoms with van der Waals surface area (Å²) in [5.41, 5.74) is 3.06. The van der Waals surface area contributed by atoms with E-state index < -0.39 is 0 Å². The van der Waals surface area contributed by atoms with Gasteiger partial charge in [0.1, 0.15) is 12.4 Å². The number of likely N-dealkylation sites (N-methyl/N-ethyl adjacent to an activating group) is 1. The Balaban J connectivity index is 1.66. The molecule has 2 aliphatic heterocycles. The average Bonchev–Trinajstić information content (AvgIpc) is 2.48. The third kappa shape index (κ3) is 2.84. The van der Waals surface area contributed by atoms with Gasteiger partial charge in [-0.3, -0.25) is 4.90 Å². The fraction of sp³-hybridized carbons (Fsp3) is 0.647. The fourth-order valence-electron chi connectivity index (χ4n) is 3.28. The standard InChI is InChI=1S/C17H26N2O/c1-17(8-3-4-10-19(17)2)13-20-16-6-5-15-12-18-9-7-14(15)11-16/h5-6,11,18H,3-4,7-10,12-13H2,1-2H3. The Labute approximate surface area is 122 Å². The van der Waals surface area contributed by atoms with Crippen molar-refractivity contribution in [3.05, 3.63) is 29.3 Å². The van der Waals surface area contributed by atoms with Gasteiger partial charge in [-0.1, -0.05) is 12.5 Å². The highest BCUT2D eigenvalue weighted by atomic mass is 16.5. The summed E-state index contributed by atoms with van der Waals surface area (Å²) in [6, 6.07) is 6.57. The Morgan fingerprint density at radius 2 is 2.20 bits per heavy atom. The minimum Gasteiger partial charge on any atom is -0.492 e. The zero-order chi connectivity index (χ0) is 14.0. The van der Waals surface area contributed by atoms with Crippen molar-refractivity contribution in [2.45, 2.75) is 44.7 Å². The van der Waals surface area contributed by atoms with E-state index in [-0.39, 0.29) is 5.54 Å². The van der Waals surface area contributed by atoms with Crippen molar-refractivity contribution in [1.82, 2.24) is 10.2 Å². The van der Waals surface area contributed by atoms with Gasteiger partial charge in [-0.25, -0.2) is 0 Å². The molecule has 0 radical (unpaired) electrons. The molecule has 3 nitrogen and oxygen atoms in total.